The number of aromatic nitrogens is 1. The van der Waals surface area contributed by atoms with Crippen molar-refractivity contribution in [2.75, 3.05) is 56.2 Å². The second-order valence-electron chi connectivity index (χ2n) is 13.0. The summed E-state index contributed by atoms with van der Waals surface area (Å²) in [4.78, 5) is 26.3. The first-order valence-corrected chi connectivity index (χ1v) is 16.4. The van der Waals surface area contributed by atoms with Crippen LogP contribution in [0.15, 0.2) is 49.1 Å². The van der Waals surface area contributed by atoms with Crippen LogP contribution in [0.4, 0.5) is 11.5 Å². The number of fused-ring (bicyclic) bond motifs is 2. The Morgan fingerprint density at radius 1 is 1.09 bits per heavy atom. The third-order valence-corrected chi connectivity index (χ3v) is 9.98. The maximum absolute atomic E-state index is 12.6. The molecule has 9 heteroatoms. The quantitative estimate of drug-likeness (QED) is 0.311. The normalized spacial score (nSPS) is 20.0. The third kappa shape index (κ3) is 5.88. The molecule has 9 nitrogen and oxygen atoms in total. The zero-order valence-electron chi connectivity index (χ0n) is 27.2. The summed E-state index contributed by atoms with van der Waals surface area (Å²) in [6.45, 7) is 12.5. The van der Waals surface area contributed by atoms with Gasteiger partial charge in [-0.05, 0) is 61.9 Å². The summed E-state index contributed by atoms with van der Waals surface area (Å²) in [6.07, 6.45) is 4.44. The number of piperazine rings is 1. The van der Waals surface area contributed by atoms with Gasteiger partial charge in [0.2, 0.25) is 11.8 Å². The fraction of sp³-hybridized carbons (Fsp3) is 0.459. The molecular formula is C37H43N7O2. The van der Waals surface area contributed by atoms with Gasteiger partial charge in [-0.25, -0.2) is 0 Å². The van der Waals surface area contributed by atoms with Crippen LogP contribution >= 0.6 is 0 Å². The van der Waals surface area contributed by atoms with Crippen LogP contribution in [0, 0.1) is 22.7 Å². The van der Waals surface area contributed by atoms with Crippen molar-refractivity contribution >= 4 is 28.2 Å². The minimum absolute atomic E-state index is 0.161. The van der Waals surface area contributed by atoms with Gasteiger partial charge in [-0.2, -0.15) is 15.5 Å². The van der Waals surface area contributed by atoms with Crippen LogP contribution in [0.2, 0.25) is 0 Å². The fourth-order valence-corrected chi connectivity index (χ4v) is 7.47. The average Bonchev–Trinajstić information content (AvgIpc) is 3.49. The SMILES string of the molecule is C=CC(=O)N1CCN(c2nc(OC[C@@H]3CCCN3C)c(C#N)c3c2CCN(c2cccc4cccc(C(C)C)c24)C3)C[C@H]1CC#N. The number of likely N-dealkylation sites (N-methyl/N-ethyl adjacent to an activating group) is 1. The fourth-order valence-electron chi connectivity index (χ4n) is 7.47. The summed E-state index contributed by atoms with van der Waals surface area (Å²) in [5, 5.41) is 22.7. The van der Waals surface area contributed by atoms with Crippen molar-refractivity contribution in [3.05, 3.63) is 71.3 Å². The molecule has 4 heterocycles. The van der Waals surface area contributed by atoms with Crippen LogP contribution in [0.3, 0.4) is 0 Å². The highest BCUT2D eigenvalue weighted by molar-refractivity contribution is 5.97. The third-order valence-electron chi connectivity index (χ3n) is 9.98. The molecule has 1 amide bonds. The lowest BCUT2D eigenvalue weighted by atomic mass is 9.92. The molecule has 2 saturated heterocycles. The number of rotatable bonds is 8. The van der Waals surface area contributed by atoms with E-state index in [4.69, 9.17) is 9.72 Å². The highest BCUT2D eigenvalue weighted by Crippen LogP contribution is 2.40. The average molecular weight is 618 g/mol. The van der Waals surface area contributed by atoms with Gasteiger partial charge >= 0.3 is 0 Å². The summed E-state index contributed by atoms with van der Waals surface area (Å²) in [5.74, 6) is 1.39. The molecule has 0 saturated carbocycles. The summed E-state index contributed by atoms with van der Waals surface area (Å²) in [7, 11) is 2.12. The van der Waals surface area contributed by atoms with E-state index in [1.807, 2.05) is 0 Å². The van der Waals surface area contributed by atoms with Crippen molar-refractivity contribution in [1.29, 1.82) is 10.5 Å². The summed E-state index contributed by atoms with van der Waals surface area (Å²) in [6, 6.07) is 17.8. The molecule has 3 aliphatic heterocycles. The van der Waals surface area contributed by atoms with E-state index in [-0.39, 0.29) is 24.4 Å². The monoisotopic (exact) mass is 617 g/mol. The summed E-state index contributed by atoms with van der Waals surface area (Å²) in [5.41, 5.74) is 5.00. The highest BCUT2D eigenvalue weighted by Gasteiger charge is 2.35. The Morgan fingerprint density at radius 3 is 2.59 bits per heavy atom. The number of nitrogens with zero attached hydrogens (tertiary/aromatic N) is 7. The van der Waals surface area contributed by atoms with Crippen molar-refractivity contribution in [3.8, 4) is 18.0 Å². The number of anilines is 2. The first kappa shape index (κ1) is 31.4. The maximum atomic E-state index is 12.6. The van der Waals surface area contributed by atoms with Gasteiger partial charge in [0.1, 0.15) is 24.1 Å². The lowest BCUT2D eigenvalue weighted by molar-refractivity contribution is -0.128. The van der Waals surface area contributed by atoms with E-state index in [9.17, 15) is 15.3 Å². The van der Waals surface area contributed by atoms with E-state index in [2.05, 4.69) is 90.7 Å². The van der Waals surface area contributed by atoms with Crippen molar-refractivity contribution in [2.24, 2.45) is 0 Å². The van der Waals surface area contributed by atoms with Crippen LogP contribution in [0.5, 0.6) is 5.88 Å². The van der Waals surface area contributed by atoms with Gasteiger partial charge in [-0.15, -0.1) is 0 Å². The summed E-state index contributed by atoms with van der Waals surface area (Å²) < 4.78 is 6.44. The number of ether oxygens (including phenoxy) is 1. The van der Waals surface area contributed by atoms with Crippen LogP contribution in [0.25, 0.3) is 10.8 Å². The van der Waals surface area contributed by atoms with Crippen molar-refractivity contribution < 1.29 is 9.53 Å². The highest BCUT2D eigenvalue weighted by atomic mass is 16.5. The molecule has 6 rings (SSSR count). The van der Waals surface area contributed by atoms with Crippen molar-refractivity contribution in [1.82, 2.24) is 14.8 Å². The number of likely N-dealkylation sites (tertiary alicyclic amines) is 1. The Balaban J connectivity index is 1.42. The standard InChI is InChI=1S/C37H43N7O2/c1-5-34(45)44-20-19-43(22-27(44)14-16-38)36-30-15-18-42(33-13-7-10-26-9-6-12-29(25(2)3)35(26)33)23-32(30)31(21-39)37(40-36)46-24-28-11-8-17-41(28)4/h5-7,9-10,12-13,25,27-28H,1,8,11,14-15,17-20,22-24H2,2-4H3/t27-,28+/m1/s1. The van der Waals surface area contributed by atoms with Gasteiger partial charge in [0, 0.05) is 61.0 Å². The molecule has 3 aliphatic rings. The predicted molar refractivity (Wildman–Crippen MR) is 181 cm³/mol. The van der Waals surface area contributed by atoms with Crippen LogP contribution < -0.4 is 14.5 Å². The van der Waals surface area contributed by atoms with Gasteiger partial charge in [0.15, 0.2) is 0 Å². The summed E-state index contributed by atoms with van der Waals surface area (Å²) >= 11 is 0. The molecule has 3 aromatic rings. The Hall–Kier alpha value is -4.60. The maximum Gasteiger partial charge on any atom is 0.246 e. The van der Waals surface area contributed by atoms with Crippen molar-refractivity contribution in [2.45, 2.75) is 64.1 Å². The van der Waals surface area contributed by atoms with E-state index in [1.54, 1.807) is 4.90 Å². The zero-order valence-corrected chi connectivity index (χ0v) is 27.2. The molecule has 46 heavy (non-hydrogen) atoms. The van der Waals surface area contributed by atoms with Gasteiger partial charge in [-0.3, -0.25) is 4.79 Å². The Labute approximate surface area is 272 Å². The first-order chi connectivity index (χ1) is 22.3. The second kappa shape index (κ2) is 13.4. The van der Waals surface area contributed by atoms with E-state index in [0.29, 0.717) is 56.6 Å². The minimum Gasteiger partial charge on any atom is -0.475 e. The molecule has 1 aromatic heterocycles. The number of carbonyl (C=O) groups excluding carboxylic acids is 1. The van der Waals surface area contributed by atoms with Gasteiger partial charge in [0.25, 0.3) is 0 Å². The molecule has 2 aromatic carbocycles. The molecule has 238 valence electrons. The number of pyridine rings is 1. The van der Waals surface area contributed by atoms with Crippen molar-refractivity contribution in [3.63, 3.8) is 0 Å². The van der Waals surface area contributed by atoms with E-state index < -0.39 is 0 Å². The van der Waals surface area contributed by atoms with Crippen LogP contribution in [-0.4, -0.2) is 79.2 Å². The Bertz CT molecular complexity index is 1720. The van der Waals surface area contributed by atoms with E-state index in [0.717, 1.165) is 42.9 Å². The number of benzene rings is 2. The predicted octanol–water partition coefficient (Wildman–Crippen LogP) is 5.38. The van der Waals surface area contributed by atoms with E-state index in [1.165, 1.54) is 28.1 Å². The number of nitriles is 2. The number of hydrogen-bond donors (Lipinski definition) is 0. The van der Waals surface area contributed by atoms with Gasteiger partial charge in [0.05, 0.1) is 18.5 Å². The van der Waals surface area contributed by atoms with Crippen LogP contribution in [-0.2, 0) is 17.8 Å². The van der Waals surface area contributed by atoms with E-state index >= 15 is 0 Å². The largest absolute Gasteiger partial charge is 0.475 e. The zero-order chi connectivity index (χ0) is 32.4. The molecule has 0 bridgehead atoms. The van der Waals surface area contributed by atoms with Gasteiger partial charge < -0.3 is 24.3 Å². The second-order valence-corrected chi connectivity index (χ2v) is 13.0. The van der Waals surface area contributed by atoms with Crippen LogP contribution in [0.1, 0.15) is 61.3 Å². The molecular weight excluding hydrogens is 574 g/mol. The number of hydrogen-bond acceptors (Lipinski definition) is 8. The number of amides is 1. The smallest absolute Gasteiger partial charge is 0.246 e. The lowest BCUT2D eigenvalue weighted by Crippen LogP contribution is -2.55. The molecule has 0 radical (unpaired) electrons. The molecule has 0 N–H and O–H groups in total. The molecule has 0 unspecified atom stereocenters. The van der Waals surface area contributed by atoms with Gasteiger partial charge in [-0.1, -0.05) is 50.8 Å². The first-order valence-electron chi connectivity index (χ1n) is 16.4. The number of carbonyl (C=O) groups is 1. The minimum atomic E-state index is -0.279. The molecule has 0 aliphatic carbocycles. The molecule has 2 atom stereocenters. The molecule has 2 fully saturated rings. The topological polar surface area (TPSA) is 99.7 Å². The Morgan fingerprint density at radius 2 is 1.89 bits per heavy atom. The lowest BCUT2D eigenvalue weighted by Gasteiger charge is -2.42. The Kier molecular flexibility index (Phi) is 9.15. The molecule has 0 spiro atoms.